The van der Waals surface area contributed by atoms with E-state index in [-0.39, 0.29) is 24.4 Å². The Kier molecular flexibility index (Phi) is 10.2. The van der Waals surface area contributed by atoms with Crippen LogP contribution in [-0.4, -0.2) is 40.8 Å². The van der Waals surface area contributed by atoms with Crippen LogP contribution in [0.5, 0.6) is 17.2 Å². The highest BCUT2D eigenvalue weighted by Crippen LogP contribution is 2.39. The number of benzene rings is 1. The Bertz CT molecular complexity index is 472. The summed E-state index contributed by atoms with van der Waals surface area (Å²) in [4.78, 5) is 11.9. The summed E-state index contributed by atoms with van der Waals surface area (Å²) in [6.07, 6.45) is 1.31. The summed E-state index contributed by atoms with van der Waals surface area (Å²) < 4.78 is 16.0. The molecule has 1 amide bonds. The van der Waals surface area contributed by atoms with Crippen LogP contribution in [0.4, 0.5) is 0 Å². The lowest BCUT2D eigenvalue weighted by Gasteiger charge is -2.18. The van der Waals surface area contributed by atoms with Crippen molar-refractivity contribution in [2.45, 2.75) is 25.8 Å². The quantitative estimate of drug-likeness (QED) is 0.671. The number of methoxy groups -OCH3 is 3. The molecule has 132 valence electrons. The largest absolute Gasteiger partial charge is 0.493 e. The zero-order valence-corrected chi connectivity index (χ0v) is 15.2. The van der Waals surface area contributed by atoms with Crippen LogP contribution in [0.25, 0.3) is 0 Å². The summed E-state index contributed by atoms with van der Waals surface area (Å²) in [7, 11) is 6.58. The monoisotopic (exact) mass is 346 g/mol. The molecule has 0 radical (unpaired) electrons. The molecule has 1 aromatic carbocycles. The van der Waals surface area contributed by atoms with E-state index in [0.717, 1.165) is 18.5 Å². The van der Waals surface area contributed by atoms with Crippen molar-refractivity contribution >= 4 is 18.3 Å². The molecule has 6 nitrogen and oxygen atoms in total. The molecule has 2 N–H and O–H groups in total. The predicted octanol–water partition coefficient (Wildman–Crippen LogP) is 2.31. The molecule has 0 aliphatic heterocycles. The SMILES string of the molecule is CNCCCC(=O)NC(C)c1cc(OC)c(OC)c(OC)c1.Cl. The molecule has 7 heteroatoms. The average Bonchev–Trinajstić information content (AvgIpc) is 2.53. The van der Waals surface area contributed by atoms with Crippen LogP contribution in [0.3, 0.4) is 0 Å². The summed E-state index contributed by atoms with van der Waals surface area (Å²) in [6.45, 7) is 2.75. The van der Waals surface area contributed by atoms with Crippen molar-refractivity contribution in [1.29, 1.82) is 0 Å². The predicted molar refractivity (Wildman–Crippen MR) is 93.1 cm³/mol. The van der Waals surface area contributed by atoms with E-state index in [9.17, 15) is 4.79 Å². The van der Waals surface area contributed by atoms with Gasteiger partial charge in [0.1, 0.15) is 0 Å². The molecule has 1 atom stereocenters. The molecule has 0 saturated carbocycles. The third kappa shape index (κ3) is 6.15. The van der Waals surface area contributed by atoms with Gasteiger partial charge in [-0.1, -0.05) is 0 Å². The van der Waals surface area contributed by atoms with E-state index in [1.807, 2.05) is 26.1 Å². The standard InChI is InChI=1S/C16H26N2O4.ClH/c1-11(18-15(19)7-6-8-17-2)12-9-13(20-3)16(22-5)14(10-12)21-4;/h9-11,17H,6-8H2,1-5H3,(H,18,19);1H. The van der Waals surface area contributed by atoms with Crippen molar-refractivity contribution in [1.82, 2.24) is 10.6 Å². The number of carbonyl (C=O) groups is 1. The second-order valence-electron chi connectivity index (χ2n) is 4.95. The van der Waals surface area contributed by atoms with E-state index < -0.39 is 0 Å². The number of hydrogen-bond acceptors (Lipinski definition) is 5. The van der Waals surface area contributed by atoms with E-state index in [4.69, 9.17) is 14.2 Å². The second-order valence-corrected chi connectivity index (χ2v) is 4.95. The number of ether oxygens (including phenoxy) is 3. The first kappa shape index (κ1) is 21.3. The third-order valence-electron chi connectivity index (χ3n) is 3.40. The van der Waals surface area contributed by atoms with Crippen molar-refractivity contribution in [2.75, 3.05) is 34.9 Å². The number of hydrogen-bond donors (Lipinski definition) is 2. The molecule has 0 bridgehead atoms. The Morgan fingerprint density at radius 3 is 2.13 bits per heavy atom. The minimum Gasteiger partial charge on any atom is -0.493 e. The Hall–Kier alpha value is -1.66. The van der Waals surface area contributed by atoms with Crippen LogP contribution in [0.15, 0.2) is 12.1 Å². The van der Waals surface area contributed by atoms with Gasteiger partial charge in [0.2, 0.25) is 11.7 Å². The summed E-state index contributed by atoms with van der Waals surface area (Å²) in [5.41, 5.74) is 0.900. The van der Waals surface area contributed by atoms with E-state index >= 15 is 0 Å². The second kappa shape index (κ2) is 11.0. The van der Waals surface area contributed by atoms with Crippen molar-refractivity contribution < 1.29 is 19.0 Å². The molecule has 0 saturated heterocycles. The highest BCUT2D eigenvalue weighted by Gasteiger charge is 2.17. The van der Waals surface area contributed by atoms with Gasteiger partial charge in [-0.05, 0) is 44.6 Å². The molecular formula is C16H27ClN2O4. The minimum atomic E-state index is -0.143. The number of amides is 1. The molecule has 0 aliphatic carbocycles. The molecule has 1 unspecified atom stereocenters. The lowest BCUT2D eigenvalue weighted by atomic mass is 10.1. The van der Waals surface area contributed by atoms with Crippen molar-refractivity contribution in [3.05, 3.63) is 17.7 Å². The highest BCUT2D eigenvalue weighted by molar-refractivity contribution is 5.85. The van der Waals surface area contributed by atoms with Crippen LogP contribution in [0, 0.1) is 0 Å². The van der Waals surface area contributed by atoms with Crippen molar-refractivity contribution in [3.63, 3.8) is 0 Å². The topological polar surface area (TPSA) is 68.8 Å². The molecule has 0 aromatic heterocycles. The van der Waals surface area contributed by atoms with Crippen molar-refractivity contribution in [2.24, 2.45) is 0 Å². The Labute approximate surface area is 144 Å². The van der Waals surface area contributed by atoms with Gasteiger partial charge < -0.3 is 24.8 Å². The Balaban J connectivity index is 0.00000484. The van der Waals surface area contributed by atoms with E-state index in [1.54, 1.807) is 21.3 Å². The summed E-state index contributed by atoms with van der Waals surface area (Å²) in [5.74, 6) is 1.72. The van der Waals surface area contributed by atoms with Crippen LogP contribution >= 0.6 is 12.4 Å². The van der Waals surface area contributed by atoms with Crippen LogP contribution in [0.2, 0.25) is 0 Å². The van der Waals surface area contributed by atoms with Crippen LogP contribution < -0.4 is 24.8 Å². The molecule has 1 aromatic rings. The molecule has 0 aliphatic rings. The van der Waals surface area contributed by atoms with Gasteiger partial charge in [-0.3, -0.25) is 4.79 Å². The maximum Gasteiger partial charge on any atom is 0.220 e. The fourth-order valence-corrected chi connectivity index (χ4v) is 2.17. The first-order chi connectivity index (χ1) is 10.6. The Morgan fingerprint density at radius 1 is 1.13 bits per heavy atom. The van der Waals surface area contributed by atoms with Gasteiger partial charge in [0.25, 0.3) is 0 Å². The third-order valence-corrected chi connectivity index (χ3v) is 3.40. The Morgan fingerprint density at radius 2 is 1.70 bits per heavy atom. The summed E-state index contributed by atoms with van der Waals surface area (Å²) >= 11 is 0. The van der Waals surface area contributed by atoms with E-state index in [2.05, 4.69) is 10.6 Å². The zero-order valence-electron chi connectivity index (χ0n) is 14.4. The zero-order chi connectivity index (χ0) is 16.5. The molecular weight excluding hydrogens is 320 g/mol. The lowest BCUT2D eigenvalue weighted by Crippen LogP contribution is -2.27. The maximum atomic E-state index is 11.9. The van der Waals surface area contributed by atoms with E-state index in [0.29, 0.717) is 23.7 Å². The summed E-state index contributed by atoms with van der Waals surface area (Å²) in [6, 6.07) is 3.55. The normalized spacial score (nSPS) is 11.2. The number of rotatable bonds is 9. The van der Waals surface area contributed by atoms with Gasteiger partial charge in [-0.15, -0.1) is 12.4 Å². The van der Waals surface area contributed by atoms with Gasteiger partial charge in [-0.2, -0.15) is 0 Å². The van der Waals surface area contributed by atoms with Gasteiger partial charge in [-0.25, -0.2) is 0 Å². The fourth-order valence-electron chi connectivity index (χ4n) is 2.17. The minimum absolute atomic E-state index is 0. The smallest absolute Gasteiger partial charge is 0.220 e. The van der Waals surface area contributed by atoms with Crippen molar-refractivity contribution in [3.8, 4) is 17.2 Å². The fraction of sp³-hybridized carbons (Fsp3) is 0.562. The van der Waals surface area contributed by atoms with Gasteiger partial charge in [0.05, 0.1) is 27.4 Å². The number of halogens is 1. The highest BCUT2D eigenvalue weighted by atomic mass is 35.5. The molecule has 0 spiro atoms. The van der Waals surface area contributed by atoms with Gasteiger partial charge >= 0.3 is 0 Å². The average molecular weight is 347 g/mol. The molecule has 23 heavy (non-hydrogen) atoms. The molecule has 0 heterocycles. The molecule has 1 rings (SSSR count). The van der Waals surface area contributed by atoms with Crippen LogP contribution in [-0.2, 0) is 4.79 Å². The number of nitrogens with one attached hydrogen (secondary N) is 2. The van der Waals surface area contributed by atoms with Crippen LogP contribution in [0.1, 0.15) is 31.4 Å². The number of carbonyl (C=O) groups excluding carboxylic acids is 1. The lowest BCUT2D eigenvalue weighted by molar-refractivity contribution is -0.121. The van der Waals surface area contributed by atoms with Gasteiger partial charge in [0.15, 0.2) is 11.5 Å². The van der Waals surface area contributed by atoms with Gasteiger partial charge in [0, 0.05) is 6.42 Å². The summed E-state index contributed by atoms with van der Waals surface area (Å²) in [5, 5.41) is 6.00. The van der Waals surface area contributed by atoms with E-state index in [1.165, 1.54) is 0 Å². The first-order valence-corrected chi connectivity index (χ1v) is 7.31. The first-order valence-electron chi connectivity index (χ1n) is 7.31. The maximum absolute atomic E-state index is 11.9. The molecule has 0 fully saturated rings.